The van der Waals surface area contributed by atoms with Crippen LogP contribution >= 0.6 is 0 Å². The van der Waals surface area contributed by atoms with Crippen molar-refractivity contribution in [3.05, 3.63) is 90.6 Å². The smallest absolute Gasteiger partial charge is 0.240 e. The zero-order valence-electron chi connectivity index (χ0n) is 16.0. The van der Waals surface area contributed by atoms with Crippen LogP contribution in [0.25, 0.3) is 10.9 Å². The van der Waals surface area contributed by atoms with Gasteiger partial charge >= 0.3 is 0 Å². The first-order chi connectivity index (χ1) is 13.7. The van der Waals surface area contributed by atoms with Gasteiger partial charge in [0.2, 0.25) is 5.91 Å². The number of nitrogens with zero attached hydrogens (tertiary/aromatic N) is 3. The minimum atomic E-state index is -0.0441. The minimum Gasteiger partial charge on any atom is -0.348 e. The van der Waals surface area contributed by atoms with Gasteiger partial charge in [0.05, 0.1) is 6.04 Å². The molecular weight excluding hydrogens is 348 g/mol. The lowest BCUT2D eigenvalue weighted by atomic mass is 10.0. The molecule has 5 heteroatoms. The average Bonchev–Trinajstić information content (AvgIpc) is 3.32. The van der Waals surface area contributed by atoms with Crippen LogP contribution in [0.5, 0.6) is 0 Å². The standard InChI is InChI=1S/C23H24N4O/c1-18-24-13-16-26(18)15-12-21(19-7-3-2-4-8-19)25-23(28)17-27-14-11-20-9-5-6-10-22(20)27/h2-11,13-14,16,21H,12,15,17H2,1H3,(H,25,28)/t21-/m0/s1. The van der Waals surface area contributed by atoms with Gasteiger partial charge in [-0.25, -0.2) is 4.98 Å². The van der Waals surface area contributed by atoms with E-state index in [0.29, 0.717) is 6.54 Å². The summed E-state index contributed by atoms with van der Waals surface area (Å²) in [6.45, 7) is 3.10. The van der Waals surface area contributed by atoms with Crippen molar-refractivity contribution in [3.8, 4) is 0 Å². The van der Waals surface area contributed by atoms with Crippen LogP contribution in [-0.2, 0) is 17.9 Å². The molecule has 1 atom stereocenters. The molecule has 0 saturated carbocycles. The van der Waals surface area contributed by atoms with Crippen molar-refractivity contribution in [2.45, 2.75) is 32.5 Å². The summed E-state index contributed by atoms with van der Waals surface area (Å²) in [6.07, 6.45) is 6.56. The molecule has 0 spiro atoms. The van der Waals surface area contributed by atoms with E-state index in [0.717, 1.165) is 35.3 Å². The topological polar surface area (TPSA) is 51.9 Å². The number of amides is 1. The third kappa shape index (κ3) is 3.98. The average molecular weight is 372 g/mol. The fourth-order valence-corrected chi connectivity index (χ4v) is 3.59. The second-order valence-corrected chi connectivity index (χ2v) is 6.99. The molecule has 142 valence electrons. The van der Waals surface area contributed by atoms with Crippen LogP contribution in [-0.4, -0.2) is 20.0 Å². The van der Waals surface area contributed by atoms with Crippen molar-refractivity contribution in [1.82, 2.24) is 19.4 Å². The van der Waals surface area contributed by atoms with Crippen molar-refractivity contribution >= 4 is 16.8 Å². The highest BCUT2D eigenvalue weighted by Gasteiger charge is 2.16. The number of hydrogen-bond donors (Lipinski definition) is 1. The van der Waals surface area contributed by atoms with Crippen molar-refractivity contribution in [2.75, 3.05) is 0 Å². The van der Waals surface area contributed by atoms with E-state index in [1.807, 2.05) is 72.5 Å². The number of imidazole rings is 1. The third-order valence-corrected chi connectivity index (χ3v) is 5.11. The molecule has 0 fully saturated rings. The number of carbonyl (C=O) groups is 1. The molecular formula is C23H24N4O. The van der Waals surface area contributed by atoms with E-state index < -0.39 is 0 Å². The van der Waals surface area contributed by atoms with Gasteiger partial charge in [-0.15, -0.1) is 0 Å². The van der Waals surface area contributed by atoms with Crippen molar-refractivity contribution in [2.24, 2.45) is 0 Å². The van der Waals surface area contributed by atoms with Gasteiger partial charge in [-0.3, -0.25) is 4.79 Å². The zero-order chi connectivity index (χ0) is 19.3. The summed E-state index contributed by atoms with van der Waals surface area (Å²) in [7, 11) is 0. The van der Waals surface area contributed by atoms with Crippen LogP contribution in [0.4, 0.5) is 0 Å². The summed E-state index contributed by atoms with van der Waals surface area (Å²) in [6, 6.07) is 20.3. The fraction of sp³-hybridized carbons (Fsp3) is 0.217. The van der Waals surface area contributed by atoms with Crippen molar-refractivity contribution in [3.63, 3.8) is 0 Å². The lowest BCUT2D eigenvalue weighted by molar-refractivity contribution is -0.122. The molecule has 0 saturated heterocycles. The highest BCUT2D eigenvalue weighted by molar-refractivity contribution is 5.83. The van der Waals surface area contributed by atoms with E-state index in [9.17, 15) is 4.79 Å². The summed E-state index contributed by atoms with van der Waals surface area (Å²) >= 11 is 0. The second-order valence-electron chi connectivity index (χ2n) is 6.99. The maximum absolute atomic E-state index is 12.8. The summed E-state index contributed by atoms with van der Waals surface area (Å²) < 4.78 is 4.11. The molecule has 1 N–H and O–H groups in total. The summed E-state index contributed by atoms with van der Waals surface area (Å²) in [4.78, 5) is 17.1. The van der Waals surface area contributed by atoms with Crippen LogP contribution in [0.2, 0.25) is 0 Å². The number of aryl methyl sites for hydroxylation is 2. The Bertz CT molecular complexity index is 1060. The Labute approximate surface area is 164 Å². The molecule has 4 aromatic rings. The Hall–Kier alpha value is -3.34. The molecule has 0 aliphatic rings. The SMILES string of the molecule is Cc1nccn1CC[C@H](NC(=O)Cn1ccc2ccccc21)c1ccccc1. The molecule has 2 aromatic carbocycles. The number of carbonyl (C=O) groups excluding carboxylic acids is 1. The second kappa shape index (κ2) is 8.13. The number of hydrogen-bond acceptors (Lipinski definition) is 2. The third-order valence-electron chi connectivity index (χ3n) is 5.11. The van der Waals surface area contributed by atoms with Gasteiger partial charge in [0.1, 0.15) is 12.4 Å². The summed E-state index contributed by atoms with van der Waals surface area (Å²) in [5.74, 6) is 0.995. The van der Waals surface area contributed by atoms with E-state index in [1.54, 1.807) is 0 Å². The molecule has 5 nitrogen and oxygen atoms in total. The number of rotatable bonds is 7. The van der Waals surface area contributed by atoms with Gasteiger partial charge < -0.3 is 14.5 Å². The molecule has 28 heavy (non-hydrogen) atoms. The molecule has 0 aliphatic carbocycles. The number of benzene rings is 2. The molecule has 4 rings (SSSR count). The monoisotopic (exact) mass is 372 g/mol. The summed E-state index contributed by atoms with van der Waals surface area (Å²) in [5.41, 5.74) is 2.19. The number of nitrogens with one attached hydrogen (secondary N) is 1. The largest absolute Gasteiger partial charge is 0.348 e. The molecule has 0 aliphatic heterocycles. The molecule has 0 unspecified atom stereocenters. The number of para-hydroxylation sites is 1. The Morgan fingerprint density at radius 2 is 1.79 bits per heavy atom. The summed E-state index contributed by atoms with van der Waals surface area (Å²) in [5, 5.41) is 4.37. The van der Waals surface area contributed by atoms with E-state index in [4.69, 9.17) is 0 Å². The lowest BCUT2D eigenvalue weighted by Crippen LogP contribution is -2.32. The fourth-order valence-electron chi connectivity index (χ4n) is 3.59. The molecule has 0 radical (unpaired) electrons. The van der Waals surface area contributed by atoms with E-state index >= 15 is 0 Å². The van der Waals surface area contributed by atoms with Crippen LogP contribution in [0, 0.1) is 6.92 Å². The molecule has 2 aromatic heterocycles. The predicted molar refractivity (Wildman–Crippen MR) is 111 cm³/mol. The Kier molecular flexibility index (Phi) is 5.24. The van der Waals surface area contributed by atoms with Crippen molar-refractivity contribution in [1.29, 1.82) is 0 Å². The normalized spacial score (nSPS) is 12.2. The predicted octanol–water partition coefficient (Wildman–Crippen LogP) is 4.09. The van der Waals surface area contributed by atoms with Gasteiger partial charge in [-0.2, -0.15) is 0 Å². The van der Waals surface area contributed by atoms with Gasteiger partial charge in [0, 0.05) is 30.7 Å². The first-order valence-electron chi connectivity index (χ1n) is 9.56. The first-order valence-corrected chi connectivity index (χ1v) is 9.56. The Morgan fingerprint density at radius 1 is 1.00 bits per heavy atom. The van der Waals surface area contributed by atoms with Crippen LogP contribution in [0.1, 0.15) is 23.9 Å². The maximum Gasteiger partial charge on any atom is 0.240 e. The van der Waals surface area contributed by atoms with Crippen LogP contribution < -0.4 is 5.32 Å². The van der Waals surface area contributed by atoms with Gasteiger partial charge in [-0.05, 0) is 36.4 Å². The number of fused-ring (bicyclic) bond motifs is 1. The Morgan fingerprint density at radius 3 is 2.57 bits per heavy atom. The minimum absolute atomic E-state index is 0.0116. The number of aromatic nitrogens is 3. The van der Waals surface area contributed by atoms with Crippen LogP contribution in [0.15, 0.2) is 79.3 Å². The van der Waals surface area contributed by atoms with Crippen LogP contribution in [0.3, 0.4) is 0 Å². The highest BCUT2D eigenvalue weighted by atomic mass is 16.2. The first kappa shape index (κ1) is 18.0. The van der Waals surface area contributed by atoms with Gasteiger partial charge in [-0.1, -0.05) is 48.5 Å². The van der Waals surface area contributed by atoms with E-state index in [1.165, 1.54) is 0 Å². The van der Waals surface area contributed by atoms with Gasteiger partial charge in [0.25, 0.3) is 0 Å². The van der Waals surface area contributed by atoms with E-state index in [-0.39, 0.29) is 11.9 Å². The highest BCUT2D eigenvalue weighted by Crippen LogP contribution is 2.19. The maximum atomic E-state index is 12.8. The Balaban J connectivity index is 1.48. The molecule has 2 heterocycles. The van der Waals surface area contributed by atoms with E-state index in [2.05, 4.69) is 33.1 Å². The molecule has 0 bridgehead atoms. The van der Waals surface area contributed by atoms with Gasteiger partial charge in [0.15, 0.2) is 0 Å². The molecule has 1 amide bonds. The lowest BCUT2D eigenvalue weighted by Gasteiger charge is -2.20. The van der Waals surface area contributed by atoms with Crippen molar-refractivity contribution < 1.29 is 4.79 Å². The quantitative estimate of drug-likeness (QED) is 0.531. The zero-order valence-corrected chi connectivity index (χ0v) is 16.0.